The van der Waals surface area contributed by atoms with Crippen molar-refractivity contribution in [2.45, 2.75) is 13.3 Å². The lowest BCUT2D eigenvalue weighted by atomic mass is 10.2. The van der Waals surface area contributed by atoms with E-state index >= 15 is 0 Å². The van der Waals surface area contributed by atoms with E-state index in [9.17, 15) is 5.11 Å². The van der Waals surface area contributed by atoms with Crippen molar-refractivity contribution in [1.82, 2.24) is 4.98 Å². The Morgan fingerprint density at radius 1 is 1.50 bits per heavy atom. The molecule has 0 spiro atoms. The van der Waals surface area contributed by atoms with Gasteiger partial charge < -0.3 is 14.4 Å². The number of oxazole rings is 1. The summed E-state index contributed by atoms with van der Waals surface area (Å²) in [6.07, 6.45) is 1.18. The van der Waals surface area contributed by atoms with Crippen molar-refractivity contribution in [2.24, 2.45) is 5.92 Å². The molecule has 2 heterocycles. The first kappa shape index (κ1) is 9.51. The summed E-state index contributed by atoms with van der Waals surface area (Å²) in [7, 11) is 0. The molecule has 1 aliphatic rings. The summed E-state index contributed by atoms with van der Waals surface area (Å²) in [5, 5.41) is 9.35. The maximum absolute atomic E-state index is 9.35. The highest BCUT2D eigenvalue weighted by Crippen LogP contribution is 2.28. The fraction of sp³-hybridized carbons (Fsp3) is 0.417. The van der Waals surface area contributed by atoms with Gasteiger partial charge in [-0.15, -0.1) is 0 Å². The lowest BCUT2D eigenvalue weighted by molar-refractivity contribution is 0.474. The Morgan fingerprint density at radius 2 is 2.38 bits per heavy atom. The molecule has 1 N–H and O–H groups in total. The molecule has 16 heavy (non-hydrogen) atoms. The van der Waals surface area contributed by atoms with Crippen molar-refractivity contribution >= 4 is 17.1 Å². The van der Waals surface area contributed by atoms with Gasteiger partial charge in [0.25, 0.3) is 6.01 Å². The van der Waals surface area contributed by atoms with Gasteiger partial charge in [-0.25, -0.2) is 0 Å². The smallest absolute Gasteiger partial charge is 0.298 e. The number of rotatable bonds is 1. The largest absolute Gasteiger partial charge is 0.508 e. The van der Waals surface area contributed by atoms with E-state index in [1.54, 1.807) is 18.2 Å². The van der Waals surface area contributed by atoms with Gasteiger partial charge in [0.1, 0.15) is 11.3 Å². The molecule has 1 saturated heterocycles. The van der Waals surface area contributed by atoms with Crippen LogP contribution >= 0.6 is 0 Å². The molecule has 4 nitrogen and oxygen atoms in total. The first-order valence-electron chi connectivity index (χ1n) is 5.57. The van der Waals surface area contributed by atoms with Gasteiger partial charge in [0.05, 0.1) is 0 Å². The average Bonchev–Trinajstić information content (AvgIpc) is 2.83. The number of hydrogen-bond acceptors (Lipinski definition) is 4. The number of nitrogens with zero attached hydrogens (tertiary/aromatic N) is 2. The van der Waals surface area contributed by atoms with Crippen LogP contribution in [0.4, 0.5) is 6.01 Å². The Morgan fingerprint density at radius 3 is 3.12 bits per heavy atom. The van der Waals surface area contributed by atoms with Crippen LogP contribution in [-0.4, -0.2) is 23.2 Å². The highest BCUT2D eigenvalue weighted by atomic mass is 16.4. The molecule has 0 amide bonds. The monoisotopic (exact) mass is 218 g/mol. The minimum atomic E-state index is 0.213. The van der Waals surface area contributed by atoms with E-state index in [1.807, 2.05) is 0 Å². The van der Waals surface area contributed by atoms with E-state index in [0.29, 0.717) is 17.5 Å². The lowest BCUT2D eigenvalue weighted by Gasteiger charge is -2.11. The predicted octanol–water partition coefficient (Wildman–Crippen LogP) is 2.38. The Kier molecular flexibility index (Phi) is 2.02. The summed E-state index contributed by atoms with van der Waals surface area (Å²) in [4.78, 5) is 6.57. The normalized spacial score (nSPS) is 20.8. The number of anilines is 1. The van der Waals surface area contributed by atoms with Gasteiger partial charge in [0.2, 0.25) is 0 Å². The quantitative estimate of drug-likeness (QED) is 0.798. The molecular weight excluding hydrogens is 204 g/mol. The first-order valence-corrected chi connectivity index (χ1v) is 5.57. The number of phenols is 1. The minimum Gasteiger partial charge on any atom is -0.508 e. The molecule has 1 unspecified atom stereocenters. The van der Waals surface area contributed by atoms with Crippen LogP contribution in [-0.2, 0) is 0 Å². The van der Waals surface area contributed by atoms with Gasteiger partial charge in [-0.05, 0) is 24.5 Å². The molecule has 1 aliphatic heterocycles. The number of phenolic OH excluding ortho intramolecular Hbond substituents is 1. The zero-order chi connectivity index (χ0) is 11.1. The number of aromatic nitrogens is 1. The maximum Gasteiger partial charge on any atom is 0.298 e. The van der Waals surface area contributed by atoms with E-state index in [0.717, 1.165) is 18.6 Å². The summed E-state index contributed by atoms with van der Waals surface area (Å²) in [6, 6.07) is 5.67. The van der Waals surface area contributed by atoms with Crippen LogP contribution in [0.1, 0.15) is 13.3 Å². The fourth-order valence-corrected chi connectivity index (χ4v) is 2.15. The summed E-state index contributed by atoms with van der Waals surface area (Å²) in [5.74, 6) is 0.911. The molecule has 0 saturated carbocycles. The number of benzene rings is 1. The molecule has 4 heteroatoms. The number of hydrogen-bond donors (Lipinski definition) is 1. The van der Waals surface area contributed by atoms with E-state index in [2.05, 4.69) is 16.8 Å². The van der Waals surface area contributed by atoms with Crippen LogP contribution in [0.15, 0.2) is 22.6 Å². The molecule has 0 radical (unpaired) electrons. The molecule has 3 rings (SSSR count). The van der Waals surface area contributed by atoms with Gasteiger partial charge in [-0.1, -0.05) is 6.92 Å². The molecule has 2 aromatic rings. The summed E-state index contributed by atoms with van der Waals surface area (Å²) >= 11 is 0. The maximum atomic E-state index is 9.35. The molecular formula is C12H14N2O2. The van der Waals surface area contributed by atoms with Crippen molar-refractivity contribution < 1.29 is 9.52 Å². The predicted molar refractivity (Wildman–Crippen MR) is 61.7 cm³/mol. The van der Waals surface area contributed by atoms with Crippen LogP contribution in [0, 0.1) is 5.92 Å². The Balaban J connectivity index is 1.99. The van der Waals surface area contributed by atoms with E-state index in [-0.39, 0.29) is 5.75 Å². The average molecular weight is 218 g/mol. The Hall–Kier alpha value is -1.71. The van der Waals surface area contributed by atoms with Gasteiger partial charge in [-0.3, -0.25) is 0 Å². The van der Waals surface area contributed by atoms with Crippen LogP contribution in [0.25, 0.3) is 11.1 Å². The minimum absolute atomic E-state index is 0.213. The van der Waals surface area contributed by atoms with E-state index in [1.165, 1.54) is 6.42 Å². The highest BCUT2D eigenvalue weighted by molar-refractivity contribution is 5.76. The van der Waals surface area contributed by atoms with Crippen molar-refractivity contribution in [1.29, 1.82) is 0 Å². The van der Waals surface area contributed by atoms with Crippen molar-refractivity contribution in [3.05, 3.63) is 18.2 Å². The molecule has 0 bridgehead atoms. The molecule has 84 valence electrons. The highest BCUT2D eigenvalue weighted by Gasteiger charge is 2.22. The SMILES string of the molecule is CC1CCN(c2nc3ccc(O)cc3o2)C1. The van der Waals surface area contributed by atoms with Crippen molar-refractivity contribution in [3.63, 3.8) is 0 Å². The van der Waals surface area contributed by atoms with Crippen LogP contribution < -0.4 is 4.90 Å². The van der Waals surface area contributed by atoms with Crippen LogP contribution in [0.5, 0.6) is 5.75 Å². The third-order valence-electron chi connectivity index (χ3n) is 3.06. The zero-order valence-corrected chi connectivity index (χ0v) is 9.18. The van der Waals surface area contributed by atoms with Crippen molar-refractivity contribution in [3.8, 4) is 5.75 Å². The third kappa shape index (κ3) is 1.50. The van der Waals surface area contributed by atoms with Crippen molar-refractivity contribution in [2.75, 3.05) is 18.0 Å². The second-order valence-electron chi connectivity index (χ2n) is 4.49. The summed E-state index contributed by atoms with van der Waals surface area (Å²) in [6.45, 7) is 4.23. The van der Waals surface area contributed by atoms with Gasteiger partial charge in [0, 0.05) is 19.2 Å². The van der Waals surface area contributed by atoms with Gasteiger partial charge >= 0.3 is 0 Å². The molecule has 1 aromatic carbocycles. The number of aromatic hydroxyl groups is 1. The first-order chi connectivity index (χ1) is 7.72. The summed E-state index contributed by atoms with van der Waals surface area (Å²) in [5.41, 5.74) is 1.45. The number of fused-ring (bicyclic) bond motifs is 1. The third-order valence-corrected chi connectivity index (χ3v) is 3.06. The second-order valence-corrected chi connectivity index (χ2v) is 4.49. The fourth-order valence-electron chi connectivity index (χ4n) is 2.15. The van der Waals surface area contributed by atoms with Gasteiger partial charge in [0.15, 0.2) is 5.58 Å². The summed E-state index contributed by atoms with van der Waals surface area (Å²) < 4.78 is 5.64. The molecule has 0 aliphatic carbocycles. The molecule has 1 fully saturated rings. The van der Waals surface area contributed by atoms with E-state index < -0.39 is 0 Å². The Bertz CT molecular complexity index is 521. The Labute approximate surface area is 93.5 Å². The lowest BCUT2D eigenvalue weighted by Crippen LogP contribution is -2.19. The second kappa shape index (κ2) is 3.40. The van der Waals surface area contributed by atoms with E-state index in [4.69, 9.17) is 4.42 Å². The van der Waals surface area contributed by atoms with Crippen LogP contribution in [0.2, 0.25) is 0 Å². The zero-order valence-electron chi connectivity index (χ0n) is 9.18. The van der Waals surface area contributed by atoms with Crippen LogP contribution in [0.3, 0.4) is 0 Å². The topological polar surface area (TPSA) is 49.5 Å². The van der Waals surface area contributed by atoms with Gasteiger partial charge in [-0.2, -0.15) is 4.98 Å². The molecule has 1 atom stereocenters. The standard InChI is InChI=1S/C12H14N2O2/c1-8-4-5-14(7-8)12-13-10-3-2-9(15)6-11(10)16-12/h2-3,6,8,15H,4-5,7H2,1H3. The molecule has 1 aromatic heterocycles.